The normalized spacial score (nSPS) is 10.1. The topological polar surface area (TPSA) is 55.1 Å². The maximum atomic E-state index is 12.0. The Labute approximate surface area is 115 Å². The van der Waals surface area contributed by atoms with Crippen molar-refractivity contribution >= 4 is 40.5 Å². The molecule has 18 heavy (non-hydrogen) atoms. The zero-order valence-corrected chi connectivity index (χ0v) is 10.8. The van der Waals surface area contributed by atoms with Crippen LogP contribution in [0.4, 0.5) is 11.4 Å². The van der Waals surface area contributed by atoms with E-state index in [1.54, 1.807) is 42.5 Å². The van der Waals surface area contributed by atoms with Gasteiger partial charge >= 0.3 is 0 Å². The number of carbonyl (C=O) groups is 1. The molecular formula is C13H10Cl2N2O. The van der Waals surface area contributed by atoms with Crippen LogP contribution >= 0.6 is 23.2 Å². The van der Waals surface area contributed by atoms with Crippen LogP contribution in [0.15, 0.2) is 42.5 Å². The fraction of sp³-hybridized carbons (Fsp3) is 0. The molecular weight excluding hydrogens is 271 g/mol. The lowest BCUT2D eigenvalue weighted by Gasteiger charge is -2.08. The average molecular weight is 281 g/mol. The molecule has 0 unspecified atom stereocenters. The highest BCUT2D eigenvalue weighted by Crippen LogP contribution is 2.24. The molecule has 0 spiro atoms. The van der Waals surface area contributed by atoms with E-state index in [1.165, 1.54) is 0 Å². The van der Waals surface area contributed by atoms with Crippen molar-refractivity contribution in [2.75, 3.05) is 11.1 Å². The summed E-state index contributed by atoms with van der Waals surface area (Å²) in [6, 6.07) is 11.6. The van der Waals surface area contributed by atoms with E-state index < -0.39 is 0 Å². The molecule has 5 heteroatoms. The number of carbonyl (C=O) groups excluding carboxylic acids is 1. The quantitative estimate of drug-likeness (QED) is 0.822. The van der Waals surface area contributed by atoms with E-state index in [1.807, 2.05) is 0 Å². The van der Waals surface area contributed by atoms with Crippen LogP contribution in [-0.2, 0) is 0 Å². The smallest absolute Gasteiger partial charge is 0.255 e. The first-order valence-electron chi connectivity index (χ1n) is 5.18. The highest BCUT2D eigenvalue weighted by atomic mass is 35.5. The Bertz CT molecular complexity index is 599. The van der Waals surface area contributed by atoms with Crippen molar-refractivity contribution in [3.8, 4) is 0 Å². The summed E-state index contributed by atoms with van der Waals surface area (Å²) in [6.07, 6.45) is 0. The molecule has 0 fully saturated rings. The lowest BCUT2D eigenvalue weighted by Crippen LogP contribution is -2.12. The van der Waals surface area contributed by atoms with E-state index in [4.69, 9.17) is 28.9 Å². The van der Waals surface area contributed by atoms with E-state index in [0.29, 0.717) is 27.0 Å². The largest absolute Gasteiger partial charge is 0.399 e. The van der Waals surface area contributed by atoms with E-state index in [0.717, 1.165) is 0 Å². The molecule has 3 nitrogen and oxygen atoms in total. The third kappa shape index (κ3) is 2.94. The number of hydrogen-bond donors (Lipinski definition) is 2. The van der Waals surface area contributed by atoms with Crippen LogP contribution in [0.1, 0.15) is 10.4 Å². The first kappa shape index (κ1) is 12.7. The standard InChI is InChI=1S/C13H10Cl2N2O/c14-9-3-1-2-8(6-9)13(18)17-12-7-10(16)4-5-11(12)15/h1-7H,16H2,(H,17,18). The minimum atomic E-state index is -0.287. The predicted octanol–water partition coefficient (Wildman–Crippen LogP) is 3.83. The molecule has 0 saturated heterocycles. The number of halogens is 2. The van der Waals surface area contributed by atoms with Crippen LogP contribution in [0, 0.1) is 0 Å². The highest BCUT2D eigenvalue weighted by molar-refractivity contribution is 6.34. The number of rotatable bonds is 2. The maximum Gasteiger partial charge on any atom is 0.255 e. The molecule has 0 heterocycles. The van der Waals surface area contributed by atoms with Gasteiger partial charge in [-0.2, -0.15) is 0 Å². The van der Waals surface area contributed by atoms with Gasteiger partial charge in [0.2, 0.25) is 0 Å². The minimum absolute atomic E-state index is 0.287. The summed E-state index contributed by atoms with van der Waals surface area (Å²) in [5.74, 6) is -0.287. The van der Waals surface area contributed by atoms with Gasteiger partial charge in [0.15, 0.2) is 0 Å². The lowest BCUT2D eigenvalue weighted by molar-refractivity contribution is 0.102. The first-order valence-corrected chi connectivity index (χ1v) is 5.94. The van der Waals surface area contributed by atoms with Crippen molar-refractivity contribution in [1.29, 1.82) is 0 Å². The molecule has 3 N–H and O–H groups in total. The molecule has 0 bridgehead atoms. The zero-order valence-electron chi connectivity index (χ0n) is 9.28. The van der Waals surface area contributed by atoms with Gasteiger partial charge in [-0.05, 0) is 36.4 Å². The fourth-order valence-corrected chi connectivity index (χ4v) is 1.82. The van der Waals surface area contributed by atoms with Crippen molar-refractivity contribution in [3.05, 3.63) is 58.1 Å². The molecule has 0 radical (unpaired) electrons. The number of amides is 1. The molecule has 2 aromatic rings. The third-order valence-corrected chi connectivity index (χ3v) is 2.89. The predicted molar refractivity (Wildman–Crippen MR) is 75.3 cm³/mol. The Hall–Kier alpha value is -1.71. The maximum absolute atomic E-state index is 12.0. The molecule has 0 saturated carbocycles. The highest BCUT2D eigenvalue weighted by Gasteiger charge is 2.09. The van der Waals surface area contributed by atoms with Crippen LogP contribution < -0.4 is 11.1 Å². The molecule has 0 atom stereocenters. The molecule has 2 aromatic carbocycles. The lowest BCUT2D eigenvalue weighted by atomic mass is 10.2. The molecule has 0 aromatic heterocycles. The summed E-state index contributed by atoms with van der Waals surface area (Å²) in [5, 5.41) is 3.62. The molecule has 0 aliphatic rings. The second kappa shape index (κ2) is 5.29. The van der Waals surface area contributed by atoms with Gasteiger partial charge in [0.05, 0.1) is 10.7 Å². The summed E-state index contributed by atoms with van der Waals surface area (Å²) in [7, 11) is 0. The molecule has 2 rings (SSSR count). The number of nitrogens with one attached hydrogen (secondary N) is 1. The van der Waals surface area contributed by atoms with Gasteiger partial charge in [0.25, 0.3) is 5.91 Å². The van der Waals surface area contributed by atoms with Crippen molar-refractivity contribution < 1.29 is 4.79 Å². The van der Waals surface area contributed by atoms with Crippen LogP contribution in [-0.4, -0.2) is 5.91 Å². The van der Waals surface area contributed by atoms with Gasteiger partial charge < -0.3 is 11.1 Å². The third-order valence-electron chi connectivity index (χ3n) is 2.33. The summed E-state index contributed by atoms with van der Waals surface area (Å²) in [5.41, 5.74) is 7.10. The summed E-state index contributed by atoms with van der Waals surface area (Å²) in [4.78, 5) is 12.0. The first-order chi connectivity index (χ1) is 8.56. The second-order valence-corrected chi connectivity index (χ2v) is 4.55. The Balaban J connectivity index is 2.24. The van der Waals surface area contributed by atoms with Gasteiger partial charge in [-0.25, -0.2) is 0 Å². The Kier molecular flexibility index (Phi) is 3.75. The molecule has 1 amide bonds. The number of nitrogens with two attached hydrogens (primary N) is 1. The van der Waals surface area contributed by atoms with Crippen molar-refractivity contribution in [3.63, 3.8) is 0 Å². The number of anilines is 2. The summed E-state index contributed by atoms with van der Waals surface area (Å²) < 4.78 is 0. The van der Waals surface area contributed by atoms with Gasteiger partial charge in [0.1, 0.15) is 0 Å². The van der Waals surface area contributed by atoms with Crippen LogP contribution in [0.5, 0.6) is 0 Å². The minimum Gasteiger partial charge on any atom is -0.399 e. The molecule has 0 aliphatic carbocycles. The zero-order chi connectivity index (χ0) is 13.1. The number of benzene rings is 2. The summed E-state index contributed by atoms with van der Waals surface area (Å²) in [6.45, 7) is 0. The van der Waals surface area contributed by atoms with E-state index in [2.05, 4.69) is 5.32 Å². The van der Waals surface area contributed by atoms with Gasteiger partial charge in [-0.3, -0.25) is 4.79 Å². The van der Waals surface area contributed by atoms with Crippen molar-refractivity contribution in [1.82, 2.24) is 0 Å². The van der Waals surface area contributed by atoms with E-state index in [9.17, 15) is 4.79 Å². The van der Waals surface area contributed by atoms with E-state index in [-0.39, 0.29) is 5.91 Å². The number of hydrogen-bond acceptors (Lipinski definition) is 2. The average Bonchev–Trinajstić information content (AvgIpc) is 2.34. The Morgan fingerprint density at radius 3 is 2.61 bits per heavy atom. The second-order valence-electron chi connectivity index (χ2n) is 3.70. The van der Waals surface area contributed by atoms with Crippen molar-refractivity contribution in [2.45, 2.75) is 0 Å². The van der Waals surface area contributed by atoms with Crippen LogP contribution in [0.25, 0.3) is 0 Å². The van der Waals surface area contributed by atoms with E-state index >= 15 is 0 Å². The fourth-order valence-electron chi connectivity index (χ4n) is 1.46. The van der Waals surface area contributed by atoms with Gasteiger partial charge in [-0.1, -0.05) is 29.3 Å². The van der Waals surface area contributed by atoms with Crippen LogP contribution in [0.3, 0.4) is 0 Å². The molecule has 0 aliphatic heterocycles. The van der Waals surface area contributed by atoms with Crippen molar-refractivity contribution in [2.24, 2.45) is 0 Å². The monoisotopic (exact) mass is 280 g/mol. The number of nitrogen functional groups attached to an aromatic ring is 1. The van der Waals surface area contributed by atoms with Crippen LogP contribution in [0.2, 0.25) is 10.0 Å². The Morgan fingerprint density at radius 2 is 1.89 bits per heavy atom. The van der Waals surface area contributed by atoms with Gasteiger partial charge in [-0.15, -0.1) is 0 Å². The molecule has 92 valence electrons. The van der Waals surface area contributed by atoms with Gasteiger partial charge in [0, 0.05) is 16.3 Å². The SMILES string of the molecule is Nc1ccc(Cl)c(NC(=O)c2cccc(Cl)c2)c1. The Morgan fingerprint density at radius 1 is 1.11 bits per heavy atom. The summed E-state index contributed by atoms with van der Waals surface area (Å²) >= 11 is 11.8.